The van der Waals surface area contributed by atoms with E-state index >= 15 is 0 Å². The van der Waals surface area contributed by atoms with Crippen molar-refractivity contribution in [3.8, 4) is 28.6 Å². The van der Waals surface area contributed by atoms with Gasteiger partial charge in [-0.05, 0) is 54.3 Å². The van der Waals surface area contributed by atoms with Crippen LogP contribution in [0.2, 0.25) is 10.0 Å². The van der Waals surface area contributed by atoms with Gasteiger partial charge < -0.3 is 14.8 Å². The molecule has 0 radical (unpaired) electrons. The molecule has 196 valence electrons. The summed E-state index contributed by atoms with van der Waals surface area (Å²) >= 11 is 14.1. The summed E-state index contributed by atoms with van der Waals surface area (Å²) in [7, 11) is 0. The number of para-hydroxylation sites is 1. The lowest BCUT2D eigenvalue weighted by Gasteiger charge is -2.19. The van der Waals surface area contributed by atoms with Crippen molar-refractivity contribution in [3.05, 3.63) is 75.8 Å². The molecular formula is C28H26Cl2N4O3S. The predicted molar refractivity (Wildman–Crippen MR) is 152 cm³/mol. The number of amides is 1. The molecule has 3 aromatic carbocycles. The van der Waals surface area contributed by atoms with Crippen LogP contribution in [0.5, 0.6) is 11.5 Å². The Morgan fingerprint density at radius 3 is 2.42 bits per heavy atom. The van der Waals surface area contributed by atoms with E-state index in [1.54, 1.807) is 30.3 Å². The van der Waals surface area contributed by atoms with E-state index in [0.717, 1.165) is 29.7 Å². The van der Waals surface area contributed by atoms with E-state index in [-0.39, 0.29) is 11.7 Å². The fourth-order valence-electron chi connectivity index (χ4n) is 4.36. The number of ether oxygens (including phenoxy) is 2. The van der Waals surface area contributed by atoms with Gasteiger partial charge in [0.25, 0.3) is 0 Å². The number of anilines is 1. The number of hydrogen-bond acceptors (Lipinski definition) is 6. The normalized spacial score (nSPS) is 12.4. The van der Waals surface area contributed by atoms with E-state index < -0.39 is 0 Å². The van der Waals surface area contributed by atoms with E-state index in [1.807, 2.05) is 10.6 Å². The highest BCUT2D eigenvalue weighted by Crippen LogP contribution is 2.36. The number of halogens is 2. The standard InChI is InChI=1S/C28H26Cl2N4O3S/c1-3-17-6-5-7-18(4-2)26(17)34-27(21-10-8-19(29)14-22(21)30)32-33-28(34)38-16-25(35)31-20-9-11-23-24(15-20)37-13-12-36-23/h5-11,14-15H,3-4,12-13,16H2,1-2H3,(H,31,35). The summed E-state index contributed by atoms with van der Waals surface area (Å²) in [5, 5.41) is 13.6. The molecule has 0 saturated heterocycles. The molecule has 0 bridgehead atoms. The lowest BCUT2D eigenvalue weighted by atomic mass is 10.0. The molecule has 0 unspecified atom stereocenters. The van der Waals surface area contributed by atoms with Gasteiger partial charge in [0.1, 0.15) is 13.2 Å². The Morgan fingerprint density at radius 2 is 1.71 bits per heavy atom. The van der Waals surface area contributed by atoms with Gasteiger partial charge in [0.15, 0.2) is 22.5 Å². The largest absolute Gasteiger partial charge is 0.486 e. The Labute approximate surface area is 235 Å². The summed E-state index contributed by atoms with van der Waals surface area (Å²) in [5.41, 5.74) is 4.66. The van der Waals surface area contributed by atoms with Gasteiger partial charge in [-0.3, -0.25) is 9.36 Å². The Hall–Kier alpha value is -3.20. The molecule has 1 aliphatic rings. The summed E-state index contributed by atoms with van der Waals surface area (Å²) in [5.74, 6) is 1.85. The molecule has 0 atom stereocenters. The van der Waals surface area contributed by atoms with Crippen molar-refractivity contribution in [1.29, 1.82) is 0 Å². The quantitative estimate of drug-likeness (QED) is 0.234. The average molecular weight is 570 g/mol. The van der Waals surface area contributed by atoms with Crippen molar-refractivity contribution < 1.29 is 14.3 Å². The SMILES string of the molecule is CCc1cccc(CC)c1-n1c(SCC(=O)Nc2ccc3c(c2)OCCO3)nnc1-c1ccc(Cl)cc1Cl. The molecule has 2 heterocycles. The minimum Gasteiger partial charge on any atom is -0.486 e. The number of carbonyl (C=O) groups is 1. The molecule has 5 rings (SSSR count). The summed E-state index contributed by atoms with van der Waals surface area (Å²) < 4.78 is 13.2. The van der Waals surface area contributed by atoms with Gasteiger partial charge in [0.2, 0.25) is 5.91 Å². The lowest BCUT2D eigenvalue weighted by molar-refractivity contribution is -0.113. The molecule has 4 aromatic rings. The zero-order valence-corrected chi connectivity index (χ0v) is 23.3. The van der Waals surface area contributed by atoms with E-state index in [2.05, 4.69) is 47.6 Å². The highest BCUT2D eigenvalue weighted by atomic mass is 35.5. The molecule has 1 amide bonds. The number of aromatic nitrogens is 3. The lowest BCUT2D eigenvalue weighted by Crippen LogP contribution is -2.17. The van der Waals surface area contributed by atoms with Crippen LogP contribution in [0.25, 0.3) is 17.1 Å². The van der Waals surface area contributed by atoms with E-state index in [9.17, 15) is 4.79 Å². The van der Waals surface area contributed by atoms with Crippen LogP contribution in [0.4, 0.5) is 5.69 Å². The Bertz CT molecular complexity index is 1470. The van der Waals surface area contributed by atoms with Gasteiger partial charge in [-0.15, -0.1) is 10.2 Å². The van der Waals surface area contributed by atoms with Crippen molar-refractivity contribution >= 4 is 46.6 Å². The monoisotopic (exact) mass is 568 g/mol. The van der Waals surface area contributed by atoms with Gasteiger partial charge >= 0.3 is 0 Å². The second-order valence-corrected chi connectivity index (χ2v) is 10.4. The number of fused-ring (bicyclic) bond motifs is 1. The molecule has 0 fully saturated rings. The smallest absolute Gasteiger partial charge is 0.234 e. The summed E-state index contributed by atoms with van der Waals surface area (Å²) in [6.45, 7) is 5.23. The Morgan fingerprint density at radius 1 is 0.974 bits per heavy atom. The number of aryl methyl sites for hydroxylation is 2. The number of nitrogens with zero attached hydrogens (tertiary/aromatic N) is 3. The molecule has 1 aromatic heterocycles. The van der Waals surface area contributed by atoms with E-state index in [4.69, 9.17) is 32.7 Å². The zero-order valence-electron chi connectivity index (χ0n) is 21.0. The highest BCUT2D eigenvalue weighted by molar-refractivity contribution is 7.99. The van der Waals surface area contributed by atoms with Crippen LogP contribution in [-0.4, -0.2) is 39.6 Å². The topological polar surface area (TPSA) is 78.3 Å². The maximum atomic E-state index is 12.9. The minimum atomic E-state index is -0.174. The van der Waals surface area contributed by atoms with Gasteiger partial charge in [0.05, 0.1) is 16.5 Å². The third kappa shape index (κ3) is 5.48. The maximum Gasteiger partial charge on any atom is 0.234 e. The second kappa shape index (κ2) is 11.7. The van der Waals surface area contributed by atoms with Crippen LogP contribution in [0.15, 0.2) is 59.8 Å². The molecule has 0 spiro atoms. The number of carbonyl (C=O) groups excluding carboxylic acids is 1. The first-order chi connectivity index (χ1) is 18.5. The van der Waals surface area contributed by atoms with Crippen molar-refractivity contribution in [2.45, 2.75) is 31.8 Å². The van der Waals surface area contributed by atoms with Crippen LogP contribution < -0.4 is 14.8 Å². The number of hydrogen-bond donors (Lipinski definition) is 1. The van der Waals surface area contributed by atoms with Crippen molar-refractivity contribution in [2.75, 3.05) is 24.3 Å². The molecule has 0 saturated carbocycles. The first kappa shape index (κ1) is 26.4. The van der Waals surface area contributed by atoms with Crippen LogP contribution >= 0.6 is 35.0 Å². The predicted octanol–water partition coefficient (Wildman–Crippen LogP) is 6.87. The van der Waals surface area contributed by atoms with Crippen molar-refractivity contribution in [3.63, 3.8) is 0 Å². The van der Waals surface area contributed by atoms with Crippen LogP contribution in [-0.2, 0) is 17.6 Å². The summed E-state index contributed by atoms with van der Waals surface area (Å²) in [6, 6.07) is 16.9. The van der Waals surface area contributed by atoms with E-state index in [1.165, 1.54) is 11.8 Å². The molecule has 10 heteroatoms. The first-order valence-electron chi connectivity index (χ1n) is 12.3. The molecule has 1 aliphatic heterocycles. The highest BCUT2D eigenvalue weighted by Gasteiger charge is 2.23. The fraction of sp³-hybridized carbons (Fsp3) is 0.250. The van der Waals surface area contributed by atoms with Gasteiger partial charge in [-0.2, -0.15) is 0 Å². The van der Waals surface area contributed by atoms with Crippen LogP contribution in [0.3, 0.4) is 0 Å². The zero-order chi connectivity index (χ0) is 26.6. The molecule has 0 aliphatic carbocycles. The molecule has 38 heavy (non-hydrogen) atoms. The number of rotatable bonds is 8. The minimum absolute atomic E-state index is 0.136. The third-order valence-corrected chi connectivity index (χ3v) is 7.63. The number of thioether (sulfide) groups is 1. The van der Waals surface area contributed by atoms with Gasteiger partial charge in [-0.25, -0.2) is 0 Å². The summed E-state index contributed by atoms with van der Waals surface area (Å²) in [4.78, 5) is 12.9. The first-order valence-corrected chi connectivity index (χ1v) is 14.1. The maximum absolute atomic E-state index is 12.9. The van der Waals surface area contributed by atoms with Gasteiger partial charge in [-0.1, -0.05) is 67.0 Å². The van der Waals surface area contributed by atoms with Crippen molar-refractivity contribution in [2.24, 2.45) is 0 Å². The van der Waals surface area contributed by atoms with Crippen LogP contribution in [0, 0.1) is 0 Å². The molecule has 7 nitrogen and oxygen atoms in total. The second-order valence-electron chi connectivity index (χ2n) is 8.59. The fourth-order valence-corrected chi connectivity index (χ4v) is 5.59. The van der Waals surface area contributed by atoms with Crippen LogP contribution in [0.1, 0.15) is 25.0 Å². The molecule has 1 N–H and O–H groups in total. The number of nitrogens with one attached hydrogen (secondary N) is 1. The average Bonchev–Trinajstić information content (AvgIpc) is 3.34. The van der Waals surface area contributed by atoms with E-state index in [0.29, 0.717) is 57.0 Å². The third-order valence-electron chi connectivity index (χ3n) is 6.15. The Balaban J connectivity index is 1.47. The van der Waals surface area contributed by atoms with Gasteiger partial charge in [0, 0.05) is 22.3 Å². The molecular weight excluding hydrogens is 543 g/mol. The Kier molecular flexibility index (Phi) is 8.12. The van der Waals surface area contributed by atoms with Crippen molar-refractivity contribution in [1.82, 2.24) is 14.8 Å². The summed E-state index contributed by atoms with van der Waals surface area (Å²) in [6.07, 6.45) is 1.65. The number of benzene rings is 3.